The van der Waals surface area contributed by atoms with Crippen LogP contribution in [0.1, 0.15) is 17.3 Å². The van der Waals surface area contributed by atoms with E-state index in [0.29, 0.717) is 10.7 Å². The van der Waals surface area contributed by atoms with Gasteiger partial charge in [0, 0.05) is 36.2 Å². The van der Waals surface area contributed by atoms with Crippen molar-refractivity contribution in [3.63, 3.8) is 0 Å². The number of halogens is 1. The van der Waals surface area contributed by atoms with Crippen molar-refractivity contribution in [2.45, 2.75) is 11.8 Å². The summed E-state index contributed by atoms with van der Waals surface area (Å²) in [5.74, 6) is -0.375. The first-order valence-electron chi connectivity index (χ1n) is 10.2. The highest BCUT2D eigenvalue weighted by atomic mass is 79.9. The van der Waals surface area contributed by atoms with E-state index in [1.807, 2.05) is 18.2 Å². The van der Waals surface area contributed by atoms with E-state index < -0.39 is 16.1 Å². The van der Waals surface area contributed by atoms with E-state index in [0.717, 1.165) is 14.7 Å². The summed E-state index contributed by atoms with van der Waals surface area (Å²) in [6.07, 6.45) is -0.439. The molecular weight excluding hydrogens is 532 g/mol. The van der Waals surface area contributed by atoms with Crippen LogP contribution < -0.4 is 5.32 Å². The summed E-state index contributed by atoms with van der Waals surface area (Å²) in [5, 5.41) is 3.22. The van der Waals surface area contributed by atoms with E-state index in [2.05, 4.69) is 26.2 Å². The molecule has 1 N–H and O–H groups in total. The number of sulfonamides is 1. The number of anilines is 1. The standard InChI is InChI=1S/C21H21BrN4O5S2/c1-2-31-21(28)25-9-11-26(12-10-25)33(29,30)16-6-3-14(4-7-16)19(27)24-20-23-17-8-5-15(22)13-18(17)32-20/h3-8,13H,2,9-12H2,1H3,(H,23,24,27). The molecule has 12 heteroatoms. The molecule has 4 rings (SSSR count). The number of amides is 2. The highest BCUT2D eigenvalue weighted by Gasteiger charge is 2.30. The second kappa shape index (κ2) is 9.75. The van der Waals surface area contributed by atoms with Gasteiger partial charge < -0.3 is 9.64 Å². The van der Waals surface area contributed by atoms with Crippen LogP contribution in [0.25, 0.3) is 10.2 Å². The van der Waals surface area contributed by atoms with Gasteiger partial charge in [0.15, 0.2) is 5.13 Å². The Morgan fingerprint density at radius 2 is 1.82 bits per heavy atom. The lowest BCUT2D eigenvalue weighted by Crippen LogP contribution is -2.50. The quantitative estimate of drug-likeness (QED) is 0.516. The van der Waals surface area contributed by atoms with Gasteiger partial charge in [-0.25, -0.2) is 18.2 Å². The summed E-state index contributed by atoms with van der Waals surface area (Å²) in [7, 11) is -3.74. The van der Waals surface area contributed by atoms with Crippen molar-refractivity contribution < 1.29 is 22.7 Å². The molecule has 0 aliphatic carbocycles. The maximum atomic E-state index is 13.0. The third kappa shape index (κ3) is 5.18. The van der Waals surface area contributed by atoms with Gasteiger partial charge >= 0.3 is 6.09 Å². The van der Waals surface area contributed by atoms with Crippen LogP contribution in [0, 0.1) is 0 Å². The van der Waals surface area contributed by atoms with Crippen LogP contribution >= 0.6 is 27.3 Å². The largest absolute Gasteiger partial charge is 0.450 e. The SMILES string of the molecule is CCOC(=O)N1CCN(S(=O)(=O)c2ccc(C(=O)Nc3nc4ccc(Br)cc4s3)cc2)CC1. The predicted molar refractivity (Wildman–Crippen MR) is 129 cm³/mol. The number of benzene rings is 2. The fraction of sp³-hybridized carbons (Fsp3) is 0.286. The van der Waals surface area contributed by atoms with E-state index in [1.165, 1.54) is 44.8 Å². The van der Waals surface area contributed by atoms with Gasteiger partial charge in [-0.3, -0.25) is 10.1 Å². The second-order valence-electron chi connectivity index (χ2n) is 7.20. The minimum Gasteiger partial charge on any atom is -0.450 e. The van der Waals surface area contributed by atoms with Crippen molar-refractivity contribution in [2.24, 2.45) is 0 Å². The van der Waals surface area contributed by atoms with Crippen molar-refractivity contribution in [2.75, 3.05) is 38.1 Å². The fourth-order valence-corrected chi connectivity index (χ4v) is 6.21. The molecule has 9 nitrogen and oxygen atoms in total. The highest BCUT2D eigenvalue weighted by molar-refractivity contribution is 9.10. The lowest BCUT2D eigenvalue weighted by atomic mass is 10.2. The number of carbonyl (C=O) groups is 2. The van der Waals surface area contributed by atoms with E-state index in [-0.39, 0.29) is 43.6 Å². The van der Waals surface area contributed by atoms with Gasteiger partial charge in [-0.05, 0) is 49.4 Å². The molecule has 1 aliphatic rings. The van der Waals surface area contributed by atoms with E-state index in [1.54, 1.807) is 6.92 Å². The van der Waals surface area contributed by atoms with Crippen molar-refractivity contribution in [3.8, 4) is 0 Å². The number of fused-ring (bicyclic) bond motifs is 1. The second-order valence-corrected chi connectivity index (χ2v) is 11.1. The maximum Gasteiger partial charge on any atom is 0.409 e. The van der Waals surface area contributed by atoms with Gasteiger partial charge in [-0.1, -0.05) is 27.3 Å². The summed E-state index contributed by atoms with van der Waals surface area (Å²) < 4.78 is 34.1. The highest BCUT2D eigenvalue weighted by Crippen LogP contribution is 2.29. The fourth-order valence-electron chi connectivity index (χ4n) is 3.37. The smallest absolute Gasteiger partial charge is 0.409 e. The van der Waals surface area contributed by atoms with Crippen LogP contribution in [0.15, 0.2) is 51.8 Å². The Morgan fingerprint density at radius 3 is 2.48 bits per heavy atom. The summed E-state index contributed by atoms with van der Waals surface area (Å²) >= 11 is 4.77. The number of carbonyl (C=O) groups excluding carboxylic acids is 2. The molecule has 1 saturated heterocycles. The van der Waals surface area contributed by atoms with Crippen molar-refractivity contribution in [1.29, 1.82) is 0 Å². The Kier molecular flexibility index (Phi) is 6.98. The molecule has 1 aromatic heterocycles. The Bertz CT molecular complexity index is 1290. The van der Waals surface area contributed by atoms with Gasteiger partial charge in [-0.15, -0.1) is 0 Å². The Balaban J connectivity index is 1.41. The lowest BCUT2D eigenvalue weighted by Gasteiger charge is -2.33. The average Bonchev–Trinajstić information content (AvgIpc) is 3.20. The molecule has 2 aromatic carbocycles. The minimum absolute atomic E-state index is 0.0912. The number of nitrogens with zero attached hydrogens (tertiary/aromatic N) is 3. The van der Waals surface area contributed by atoms with Crippen molar-refractivity contribution in [1.82, 2.24) is 14.2 Å². The molecule has 1 aliphatic heterocycles. The number of hydrogen-bond donors (Lipinski definition) is 1. The number of nitrogens with one attached hydrogen (secondary N) is 1. The molecule has 0 atom stereocenters. The minimum atomic E-state index is -3.74. The molecule has 0 spiro atoms. The first-order valence-corrected chi connectivity index (χ1v) is 13.2. The summed E-state index contributed by atoms with van der Waals surface area (Å²) in [6.45, 7) is 2.87. The normalized spacial score (nSPS) is 14.9. The van der Waals surface area contributed by atoms with E-state index >= 15 is 0 Å². The third-order valence-electron chi connectivity index (χ3n) is 5.09. The predicted octanol–water partition coefficient (Wildman–Crippen LogP) is 3.77. The average molecular weight is 553 g/mol. The third-order valence-corrected chi connectivity index (χ3v) is 8.43. The lowest BCUT2D eigenvalue weighted by molar-refractivity contribution is 0.0933. The Morgan fingerprint density at radius 1 is 1.12 bits per heavy atom. The van der Waals surface area contributed by atoms with Gasteiger partial charge in [0.25, 0.3) is 5.91 Å². The number of ether oxygens (including phenoxy) is 1. The van der Waals surface area contributed by atoms with Crippen LogP contribution in [0.4, 0.5) is 9.93 Å². The van der Waals surface area contributed by atoms with Crippen molar-refractivity contribution >= 4 is 64.6 Å². The molecule has 1 fully saturated rings. The first-order chi connectivity index (χ1) is 15.8. The zero-order valence-corrected chi connectivity index (χ0v) is 20.9. The van der Waals surface area contributed by atoms with Crippen LogP contribution in [-0.2, 0) is 14.8 Å². The molecule has 2 heterocycles. The molecule has 3 aromatic rings. The van der Waals surface area contributed by atoms with E-state index in [9.17, 15) is 18.0 Å². The van der Waals surface area contributed by atoms with Gasteiger partial charge in [-0.2, -0.15) is 4.31 Å². The molecule has 0 radical (unpaired) electrons. The number of rotatable bonds is 5. The summed E-state index contributed by atoms with van der Waals surface area (Å²) in [6, 6.07) is 11.4. The molecule has 0 saturated carbocycles. The monoisotopic (exact) mass is 552 g/mol. The van der Waals surface area contributed by atoms with Crippen LogP contribution in [0.3, 0.4) is 0 Å². The number of aromatic nitrogens is 1. The van der Waals surface area contributed by atoms with Crippen LogP contribution in [0.5, 0.6) is 0 Å². The maximum absolute atomic E-state index is 13.0. The molecular formula is C21H21BrN4O5S2. The topological polar surface area (TPSA) is 109 Å². The first kappa shape index (κ1) is 23.6. The van der Waals surface area contributed by atoms with Gasteiger partial charge in [0.1, 0.15) is 0 Å². The number of piperazine rings is 1. The zero-order valence-electron chi connectivity index (χ0n) is 17.7. The number of hydrogen-bond acceptors (Lipinski definition) is 7. The molecule has 33 heavy (non-hydrogen) atoms. The zero-order chi connectivity index (χ0) is 23.6. The molecule has 0 bridgehead atoms. The van der Waals surface area contributed by atoms with Crippen LogP contribution in [0.2, 0.25) is 0 Å². The summed E-state index contributed by atoms with van der Waals surface area (Å²) in [5.41, 5.74) is 1.10. The molecule has 0 unspecified atom stereocenters. The Hall–Kier alpha value is -2.54. The van der Waals surface area contributed by atoms with Gasteiger partial charge in [0.2, 0.25) is 10.0 Å². The van der Waals surface area contributed by atoms with Crippen LogP contribution in [-0.4, -0.2) is 67.4 Å². The van der Waals surface area contributed by atoms with Gasteiger partial charge in [0.05, 0.1) is 21.7 Å². The molecule has 2 amide bonds. The summed E-state index contributed by atoms with van der Waals surface area (Å²) in [4.78, 5) is 30.4. The molecule has 174 valence electrons. The van der Waals surface area contributed by atoms with E-state index in [4.69, 9.17) is 4.74 Å². The van der Waals surface area contributed by atoms with Crippen molar-refractivity contribution in [3.05, 3.63) is 52.5 Å². The number of thiazole rings is 1. The Labute approximate surface area is 203 Å².